The first kappa shape index (κ1) is 15.1. The Morgan fingerprint density at radius 2 is 1.96 bits per heavy atom. The lowest BCUT2D eigenvalue weighted by Gasteiger charge is -2.30. The molecule has 0 fully saturated rings. The number of nitrogens with zero attached hydrogens (tertiary/aromatic N) is 5. The monoisotopic (exact) mass is 361 g/mol. The average Bonchev–Trinajstić information content (AvgIpc) is 3.08. The van der Waals surface area contributed by atoms with Gasteiger partial charge in [-0.2, -0.15) is 9.78 Å². The van der Waals surface area contributed by atoms with E-state index < -0.39 is 0 Å². The van der Waals surface area contributed by atoms with Crippen LogP contribution in [0, 0.1) is 5.82 Å². The van der Waals surface area contributed by atoms with Gasteiger partial charge in [0.15, 0.2) is 0 Å². The molecule has 0 spiro atoms. The van der Waals surface area contributed by atoms with E-state index in [4.69, 9.17) is 23.2 Å². The fourth-order valence-corrected chi connectivity index (χ4v) is 3.09. The molecule has 3 aromatic rings. The highest BCUT2D eigenvalue weighted by molar-refractivity contribution is 6.36. The molecule has 0 aliphatic carbocycles. The van der Waals surface area contributed by atoms with Crippen molar-refractivity contribution in [3.8, 4) is 0 Å². The number of hydrogen-bond donors (Lipinski definition) is 0. The summed E-state index contributed by atoms with van der Waals surface area (Å²) in [5.41, 5.74) is 2.14. The summed E-state index contributed by atoms with van der Waals surface area (Å²) in [6, 6.07) is 9.67. The molecule has 5 nitrogen and oxygen atoms in total. The highest BCUT2D eigenvalue weighted by Crippen LogP contribution is 2.35. The van der Waals surface area contributed by atoms with E-state index in [1.165, 1.54) is 23.1 Å². The maximum Gasteiger partial charge on any atom is 0.233 e. The van der Waals surface area contributed by atoms with Gasteiger partial charge in [0, 0.05) is 10.6 Å². The quantitative estimate of drug-likeness (QED) is 0.649. The van der Waals surface area contributed by atoms with Crippen molar-refractivity contribution in [1.29, 1.82) is 0 Å². The summed E-state index contributed by atoms with van der Waals surface area (Å²) in [7, 11) is 0. The minimum Gasteiger partial charge on any atom is -0.304 e. The molecule has 1 aromatic heterocycles. The Morgan fingerprint density at radius 3 is 2.71 bits per heavy atom. The zero-order valence-electron chi connectivity index (χ0n) is 12.2. The van der Waals surface area contributed by atoms with Crippen molar-refractivity contribution in [1.82, 2.24) is 14.8 Å². The fourth-order valence-electron chi connectivity index (χ4n) is 2.58. The zero-order chi connectivity index (χ0) is 16.7. The topological polar surface area (TPSA) is 46.3 Å². The second kappa shape index (κ2) is 5.89. The fraction of sp³-hybridized carbons (Fsp3) is 0.0625. The molecule has 0 atom stereocenters. The second-order valence-corrected chi connectivity index (χ2v) is 6.05. The van der Waals surface area contributed by atoms with E-state index in [9.17, 15) is 4.39 Å². The number of aromatic nitrogens is 3. The summed E-state index contributed by atoms with van der Waals surface area (Å²) < 4.78 is 15.1. The summed E-state index contributed by atoms with van der Waals surface area (Å²) in [5, 5.41) is 5.14. The number of rotatable bonds is 1. The standard InChI is InChI=1S/C16H10Cl2FN5/c17-11-1-4-15(13(18)6-11)23-7-10-5-12(19)2-3-14(10)22-16(23)24-9-20-8-21-24/h1-6,8-9H,7H2. The number of fused-ring (bicyclic) bond motifs is 1. The van der Waals surface area contributed by atoms with E-state index in [-0.39, 0.29) is 5.82 Å². The van der Waals surface area contributed by atoms with E-state index in [0.29, 0.717) is 33.9 Å². The van der Waals surface area contributed by atoms with Crippen LogP contribution in [0.25, 0.3) is 0 Å². The summed E-state index contributed by atoms with van der Waals surface area (Å²) in [6.45, 7) is 0.396. The Morgan fingerprint density at radius 1 is 1.08 bits per heavy atom. The van der Waals surface area contributed by atoms with E-state index in [1.807, 2.05) is 4.90 Å². The van der Waals surface area contributed by atoms with Crippen LogP contribution in [0.3, 0.4) is 0 Å². The lowest BCUT2D eigenvalue weighted by Crippen LogP contribution is -2.38. The van der Waals surface area contributed by atoms with Crippen LogP contribution in [-0.4, -0.2) is 20.7 Å². The van der Waals surface area contributed by atoms with Crippen molar-refractivity contribution in [3.63, 3.8) is 0 Å². The zero-order valence-corrected chi connectivity index (χ0v) is 13.7. The van der Waals surface area contributed by atoms with Crippen molar-refractivity contribution >= 4 is 40.5 Å². The summed E-state index contributed by atoms with van der Waals surface area (Å²) >= 11 is 12.3. The molecular formula is C16H10Cl2FN5. The number of halogens is 3. The first-order valence-corrected chi connectivity index (χ1v) is 7.82. The van der Waals surface area contributed by atoms with Crippen molar-refractivity contribution in [2.24, 2.45) is 4.99 Å². The van der Waals surface area contributed by atoms with Crippen LogP contribution in [0.1, 0.15) is 5.56 Å². The van der Waals surface area contributed by atoms with Gasteiger partial charge in [-0.1, -0.05) is 23.2 Å². The van der Waals surface area contributed by atoms with Gasteiger partial charge in [-0.15, -0.1) is 0 Å². The van der Waals surface area contributed by atoms with E-state index >= 15 is 0 Å². The molecule has 0 amide bonds. The first-order chi connectivity index (χ1) is 11.6. The Labute approximate surface area is 147 Å². The minimum atomic E-state index is -0.310. The minimum absolute atomic E-state index is 0.310. The third kappa shape index (κ3) is 2.64. The molecule has 24 heavy (non-hydrogen) atoms. The van der Waals surface area contributed by atoms with Crippen LogP contribution in [-0.2, 0) is 6.54 Å². The molecule has 4 rings (SSSR count). The van der Waals surface area contributed by atoms with Crippen LogP contribution in [0.5, 0.6) is 0 Å². The lowest BCUT2D eigenvalue weighted by atomic mass is 10.1. The average molecular weight is 362 g/mol. The molecule has 2 heterocycles. The normalized spacial score (nSPS) is 13.6. The Hall–Kier alpha value is -2.44. The Kier molecular flexibility index (Phi) is 3.70. The molecule has 2 aromatic carbocycles. The van der Waals surface area contributed by atoms with Gasteiger partial charge in [-0.25, -0.2) is 14.4 Å². The molecule has 0 N–H and O–H groups in total. The highest BCUT2D eigenvalue weighted by atomic mass is 35.5. The van der Waals surface area contributed by atoms with Crippen LogP contribution >= 0.6 is 23.2 Å². The predicted molar refractivity (Wildman–Crippen MR) is 91.6 cm³/mol. The first-order valence-electron chi connectivity index (χ1n) is 7.06. The molecule has 1 aliphatic rings. The van der Waals surface area contributed by atoms with Gasteiger partial charge < -0.3 is 4.90 Å². The van der Waals surface area contributed by atoms with Gasteiger partial charge >= 0.3 is 0 Å². The van der Waals surface area contributed by atoms with Crippen LogP contribution in [0.15, 0.2) is 54.0 Å². The third-order valence-corrected chi connectivity index (χ3v) is 4.19. The summed E-state index contributed by atoms with van der Waals surface area (Å²) in [6.07, 6.45) is 2.97. The summed E-state index contributed by atoms with van der Waals surface area (Å²) in [5.74, 6) is 0.214. The van der Waals surface area contributed by atoms with Crippen molar-refractivity contribution in [3.05, 3.63) is 70.5 Å². The van der Waals surface area contributed by atoms with Crippen molar-refractivity contribution < 1.29 is 4.39 Å². The summed E-state index contributed by atoms with van der Waals surface area (Å²) in [4.78, 5) is 10.4. The van der Waals surface area contributed by atoms with Gasteiger partial charge in [-0.05, 0) is 36.4 Å². The molecular weight excluding hydrogens is 352 g/mol. The number of aliphatic imine (C=N–C) groups is 1. The van der Waals surface area contributed by atoms with E-state index in [1.54, 1.807) is 30.6 Å². The van der Waals surface area contributed by atoms with Crippen LogP contribution < -0.4 is 4.90 Å². The van der Waals surface area contributed by atoms with E-state index in [0.717, 1.165) is 5.56 Å². The predicted octanol–water partition coefficient (Wildman–Crippen LogP) is 4.28. The number of benzene rings is 2. The molecule has 0 saturated heterocycles. The van der Waals surface area contributed by atoms with Crippen LogP contribution in [0.2, 0.25) is 10.0 Å². The molecule has 0 unspecified atom stereocenters. The van der Waals surface area contributed by atoms with E-state index in [2.05, 4.69) is 15.1 Å². The molecule has 120 valence electrons. The Bertz CT molecular complexity index is 940. The lowest BCUT2D eigenvalue weighted by molar-refractivity contribution is 0.625. The maximum atomic E-state index is 13.6. The number of anilines is 1. The van der Waals surface area contributed by atoms with Gasteiger partial charge in [0.05, 0.1) is 22.9 Å². The van der Waals surface area contributed by atoms with Crippen molar-refractivity contribution in [2.45, 2.75) is 6.54 Å². The maximum absolute atomic E-state index is 13.6. The van der Waals surface area contributed by atoms with Gasteiger partial charge in [0.2, 0.25) is 5.96 Å². The largest absolute Gasteiger partial charge is 0.304 e. The second-order valence-electron chi connectivity index (χ2n) is 5.21. The molecule has 0 radical (unpaired) electrons. The number of hydrogen-bond acceptors (Lipinski definition) is 4. The molecule has 1 aliphatic heterocycles. The van der Waals surface area contributed by atoms with Gasteiger partial charge in [-0.3, -0.25) is 0 Å². The third-order valence-electron chi connectivity index (χ3n) is 3.66. The Balaban J connectivity index is 1.88. The van der Waals surface area contributed by atoms with Crippen LogP contribution in [0.4, 0.5) is 15.8 Å². The SMILES string of the molecule is Fc1ccc2c(c1)CN(c1ccc(Cl)cc1Cl)C(n1cncn1)=N2. The smallest absolute Gasteiger partial charge is 0.233 e. The highest BCUT2D eigenvalue weighted by Gasteiger charge is 2.25. The molecule has 0 bridgehead atoms. The van der Waals surface area contributed by atoms with Gasteiger partial charge in [0.25, 0.3) is 0 Å². The van der Waals surface area contributed by atoms with Gasteiger partial charge in [0.1, 0.15) is 18.5 Å². The molecule has 8 heteroatoms. The molecule has 0 saturated carbocycles. The van der Waals surface area contributed by atoms with Crippen molar-refractivity contribution in [2.75, 3.05) is 4.90 Å².